The summed E-state index contributed by atoms with van der Waals surface area (Å²) in [7, 11) is 0. The Hall–Kier alpha value is -2.32. The van der Waals surface area contributed by atoms with Gasteiger partial charge in [0, 0.05) is 50.6 Å². The first-order valence-electron chi connectivity index (χ1n) is 8.77. The fraction of sp³-hybridized carbons (Fsp3) is 0.444. The molecule has 1 unspecified atom stereocenters. The standard InChI is InChI=1S/C18H24N6OS/c1-3-9-23-17(15-6-4-8-19-11-15)21-24(18(23)26)13-22-10-5-7-16(12-22)20-14(2)25/h3-4,6,8,11,16H,1,5,7,9-10,12-13H2,2H3,(H,20,25). The van der Waals surface area contributed by atoms with Crippen molar-refractivity contribution < 1.29 is 4.79 Å². The molecule has 0 bridgehead atoms. The van der Waals surface area contributed by atoms with E-state index in [0.29, 0.717) is 18.0 Å². The van der Waals surface area contributed by atoms with E-state index in [-0.39, 0.29) is 11.9 Å². The van der Waals surface area contributed by atoms with Crippen molar-refractivity contribution in [1.82, 2.24) is 29.5 Å². The van der Waals surface area contributed by atoms with Crippen LogP contribution in [0.2, 0.25) is 0 Å². The highest BCUT2D eigenvalue weighted by Crippen LogP contribution is 2.18. The van der Waals surface area contributed by atoms with E-state index in [1.807, 2.05) is 27.5 Å². The molecule has 0 saturated carbocycles. The van der Waals surface area contributed by atoms with Crippen molar-refractivity contribution in [1.29, 1.82) is 0 Å². The largest absolute Gasteiger partial charge is 0.352 e. The topological polar surface area (TPSA) is 68.0 Å². The summed E-state index contributed by atoms with van der Waals surface area (Å²) in [5.41, 5.74) is 0.925. The minimum absolute atomic E-state index is 0.0163. The molecule has 138 valence electrons. The van der Waals surface area contributed by atoms with Crippen LogP contribution in [-0.2, 0) is 18.0 Å². The van der Waals surface area contributed by atoms with Crippen LogP contribution in [0.5, 0.6) is 0 Å². The predicted molar refractivity (Wildman–Crippen MR) is 103 cm³/mol. The van der Waals surface area contributed by atoms with Gasteiger partial charge >= 0.3 is 0 Å². The summed E-state index contributed by atoms with van der Waals surface area (Å²) in [6.07, 6.45) is 7.39. The third-order valence-corrected chi connectivity index (χ3v) is 4.83. The first-order chi connectivity index (χ1) is 12.6. The Morgan fingerprint density at radius 3 is 3.08 bits per heavy atom. The molecule has 1 N–H and O–H groups in total. The summed E-state index contributed by atoms with van der Waals surface area (Å²) in [4.78, 5) is 17.8. The molecule has 26 heavy (non-hydrogen) atoms. The van der Waals surface area contributed by atoms with Crippen LogP contribution in [0.3, 0.4) is 0 Å². The van der Waals surface area contributed by atoms with Gasteiger partial charge in [-0.3, -0.25) is 19.2 Å². The SMILES string of the molecule is C=CCn1c(-c2cccnc2)nn(CN2CCCC(NC(C)=O)C2)c1=S. The first-order valence-corrected chi connectivity index (χ1v) is 9.17. The van der Waals surface area contributed by atoms with Gasteiger partial charge in [0.05, 0.1) is 6.67 Å². The second kappa shape index (κ2) is 8.37. The summed E-state index contributed by atoms with van der Waals surface area (Å²) < 4.78 is 4.47. The number of nitrogens with one attached hydrogen (secondary N) is 1. The number of hydrogen-bond acceptors (Lipinski definition) is 5. The van der Waals surface area contributed by atoms with Gasteiger partial charge in [0.2, 0.25) is 5.91 Å². The smallest absolute Gasteiger partial charge is 0.217 e. The summed E-state index contributed by atoms with van der Waals surface area (Å²) >= 11 is 5.64. The van der Waals surface area contributed by atoms with Gasteiger partial charge < -0.3 is 5.32 Å². The van der Waals surface area contributed by atoms with Gasteiger partial charge in [0.25, 0.3) is 0 Å². The van der Waals surface area contributed by atoms with Gasteiger partial charge in [0.1, 0.15) is 0 Å². The lowest BCUT2D eigenvalue weighted by Crippen LogP contribution is -2.47. The molecular formula is C18H24N6OS. The maximum atomic E-state index is 11.3. The molecule has 1 saturated heterocycles. The Kier molecular flexibility index (Phi) is 5.95. The lowest BCUT2D eigenvalue weighted by atomic mass is 10.1. The highest BCUT2D eigenvalue weighted by molar-refractivity contribution is 7.71. The average molecular weight is 372 g/mol. The number of rotatable bonds is 6. The zero-order chi connectivity index (χ0) is 18.5. The second-order valence-corrected chi connectivity index (χ2v) is 6.87. The van der Waals surface area contributed by atoms with Crippen LogP contribution in [0.15, 0.2) is 37.2 Å². The molecule has 0 aliphatic carbocycles. The minimum Gasteiger partial charge on any atom is -0.352 e. The van der Waals surface area contributed by atoms with E-state index in [1.165, 1.54) is 0 Å². The molecule has 1 aliphatic heterocycles. The zero-order valence-electron chi connectivity index (χ0n) is 15.0. The van der Waals surface area contributed by atoms with Crippen LogP contribution in [0, 0.1) is 4.77 Å². The fourth-order valence-corrected chi connectivity index (χ4v) is 3.57. The molecule has 2 aromatic rings. The van der Waals surface area contributed by atoms with Crippen LogP contribution in [0.4, 0.5) is 0 Å². The monoisotopic (exact) mass is 372 g/mol. The van der Waals surface area contributed by atoms with Crippen molar-refractivity contribution >= 4 is 18.1 Å². The van der Waals surface area contributed by atoms with Crippen molar-refractivity contribution in [2.75, 3.05) is 13.1 Å². The van der Waals surface area contributed by atoms with E-state index in [1.54, 1.807) is 19.3 Å². The molecule has 1 atom stereocenters. The number of carbonyl (C=O) groups is 1. The number of nitrogens with zero attached hydrogens (tertiary/aromatic N) is 5. The molecule has 0 radical (unpaired) electrons. The third-order valence-electron chi connectivity index (χ3n) is 4.40. The molecule has 2 aromatic heterocycles. The Labute approximate surface area is 158 Å². The lowest BCUT2D eigenvalue weighted by molar-refractivity contribution is -0.120. The number of amides is 1. The molecule has 1 aliphatic rings. The third kappa shape index (κ3) is 4.25. The van der Waals surface area contributed by atoms with Gasteiger partial charge in [-0.1, -0.05) is 6.08 Å². The number of hydrogen-bond donors (Lipinski definition) is 1. The summed E-state index contributed by atoms with van der Waals surface area (Å²) in [5.74, 6) is 0.806. The van der Waals surface area contributed by atoms with Gasteiger partial charge in [-0.25, -0.2) is 4.68 Å². The van der Waals surface area contributed by atoms with E-state index in [0.717, 1.165) is 37.3 Å². The fourth-order valence-electron chi connectivity index (χ4n) is 3.31. The summed E-state index contributed by atoms with van der Waals surface area (Å²) in [5, 5.41) is 7.75. The maximum absolute atomic E-state index is 11.3. The Bertz CT molecular complexity index is 828. The molecular weight excluding hydrogens is 348 g/mol. The van der Waals surface area contributed by atoms with E-state index in [4.69, 9.17) is 17.3 Å². The van der Waals surface area contributed by atoms with E-state index >= 15 is 0 Å². The highest BCUT2D eigenvalue weighted by atomic mass is 32.1. The quantitative estimate of drug-likeness (QED) is 0.622. The van der Waals surface area contributed by atoms with Crippen molar-refractivity contribution in [3.63, 3.8) is 0 Å². The lowest BCUT2D eigenvalue weighted by Gasteiger charge is -2.32. The number of piperidine rings is 1. The van der Waals surface area contributed by atoms with Gasteiger partial charge in [-0.15, -0.1) is 6.58 Å². The van der Waals surface area contributed by atoms with Crippen LogP contribution in [-0.4, -0.2) is 49.3 Å². The van der Waals surface area contributed by atoms with Crippen LogP contribution >= 0.6 is 12.2 Å². The van der Waals surface area contributed by atoms with Crippen LogP contribution < -0.4 is 5.32 Å². The van der Waals surface area contributed by atoms with Crippen molar-refractivity contribution in [2.45, 2.75) is 39.0 Å². The van der Waals surface area contributed by atoms with Crippen LogP contribution in [0.25, 0.3) is 11.4 Å². The van der Waals surface area contributed by atoms with Gasteiger partial charge in [0.15, 0.2) is 10.6 Å². The molecule has 0 aromatic carbocycles. The summed E-state index contributed by atoms with van der Waals surface area (Å²) in [6.45, 7) is 8.35. The summed E-state index contributed by atoms with van der Waals surface area (Å²) in [6, 6.07) is 4.04. The van der Waals surface area contributed by atoms with Crippen molar-refractivity contribution in [3.8, 4) is 11.4 Å². The maximum Gasteiger partial charge on any atom is 0.217 e. The molecule has 7 nitrogen and oxygen atoms in total. The molecule has 3 rings (SSSR count). The number of likely N-dealkylation sites (tertiary alicyclic amines) is 1. The van der Waals surface area contributed by atoms with Crippen molar-refractivity contribution in [3.05, 3.63) is 42.0 Å². The Balaban J connectivity index is 1.83. The molecule has 8 heteroatoms. The predicted octanol–water partition coefficient (Wildman–Crippen LogP) is 2.22. The molecule has 1 amide bonds. The highest BCUT2D eigenvalue weighted by Gasteiger charge is 2.22. The van der Waals surface area contributed by atoms with E-state index < -0.39 is 0 Å². The average Bonchev–Trinajstić information content (AvgIpc) is 2.92. The van der Waals surface area contributed by atoms with Crippen molar-refractivity contribution in [2.24, 2.45) is 0 Å². The normalized spacial score (nSPS) is 17.8. The molecule has 1 fully saturated rings. The first kappa shape index (κ1) is 18.5. The van der Waals surface area contributed by atoms with Crippen LogP contribution in [0.1, 0.15) is 19.8 Å². The minimum atomic E-state index is 0.0163. The molecule has 0 spiro atoms. The van der Waals surface area contributed by atoms with E-state index in [2.05, 4.69) is 21.8 Å². The second-order valence-electron chi connectivity index (χ2n) is 6.50. The Morgan fingerprint density at radius 1 is 1.54 bits per heavy atom. The van der Waals surface area contributed by atoms with Gasteiger partial charge in [-0.05, 0) is 37.2 Å². The molecule has 3 heterocycles. The number of allylic oxidation sites excluding steroid dienone is 1. The zero-order valence-corrected chi connectivity index (χ0v) is 15.8. The number of pyridine rings is 1. The number of aromatic nitrogens is 4. The van der Waals surface area contributed by atoms with Gasteiger partial charge in [-0.2, -0.15) is 5.10 Å². The Morgan fingerprint density at radius 2 is 2.38 bits per heavy atom. The number of carbonyl (C=O) groups excluding carboxylic acids is 1. The van der Waals surface area contributed by atoms with E-state index in [9.17, 15) is 4.79 Å².